The molecule has 2 aliphatic carbocycles. The highest BCUT2D eigenvalue weighted by Gasteiger charge is 2.30. The summed E-state index contributed by atoms with van der Waals surface area (Å²) in [5.41, 5.74) is 1.60. The second-order valence-corrected chi connectivity index (χ2v) is 11.4. The number of unbranched alkanes of at least 4 members (excludes halogenated alkanes) is 1. The minimum Gasteiger partial charge on any atom is -0.251 e. The summed E-state index contributed by atoms with van der Waals surface area (Å²) in [5.74, 6) is 3.53. The van der Waals surface area contributed by atoms with Gasteiger partial charge in [-0.3, -0.25) is 4.39 Å². The average Bonchev–Trinajstić information content (AvgIpc) is 2.73. The van der Waals surface area contributed by atoms with Gasteiger partial charge in [0.25, 0.3) is 0 Å². The molecule has 0 heterocycles. The van der Waals surface area contributed by atoms with Gasteiger partial charge in [0.05, 0.1) is 16.2 Å². The molecule has 0 unspecified atom stereocenters. The smallest absolute Gasteiger partial charge is 0.0897 e. The van der Waals surface area contributed by atoms with Crippen molar-refractivity contribution in [3.63, 3.8) is 0 Å². The van der Waals surface area contributed by atoms with Crippen LogP contribution >= 0.6 is 0 Å². The number of alkyl halides is 1. The number of hydrogen-bond acceptors (Lipinski definition) is 0. The van der Waals surface area contributed by atoms with Gasteiger partial charge in [-0.15, -0.1) is 0 Å². The van der Waals surface area contributed by atoms with Crippen LogP contribution in [0.1, 0.15) is 82.6 Å². The number of benzene rings is 1. The van der Waals surface area contributed by atoms with Gasteiger partial charge in [-0.25, -0.2) is 0 Å². The minimum atomic E-state index is -0.176. The first kappa shape index (κ1) is 20.8. The molecule has 0 bridgehead atoms. The van der Waals surface area contributed by atoms with Crippen LogP contribution in [0, 0.1) is 17.8 Å². The van der Waals surface area contributed by atoms with Crippen molar-refractivity contribution in [1.29, 1.82) is 0 Å². The molecule has 0 saturated heterocycles. The highest BCUT2D eigenvalue weighted by Crippen LogP contribution is 2.44. The lowest BCUT2D eigenvalue weighted by Crippen LogP contribution is -2.25. The van der Waals surface area contributed by atoms with E-state index < -0.39 is 0 Å². The topological polar surface area (TPSA) is 0 Å². The molecule has 1 aromatic carbocycles. The summed E-state index contributed by atoms with van der Waals surface area (Å²) >= 11 is 0. The fraction of sp³-hybridized carbons (Fsp3) is 0.680. The molecule has 0 N–H and O–H groups in total. The molecule has 0 spiro atoms. The first-order valence-corrected chi connectivity index (χ1v) is 13.3. The lowest BCUT2D eigenvalue weighted by molar-refractivity contribution is 0.171. The van der Waals surface area contributed by atoms with Gasteiger partial charge in [-0.2, -0.15) is 0 Å². The third-order valence-corrected chi connectivity index (χ3v) is 8.71. The Morgan fingerprint density at radius 3 is 2.15 bits per heavy atom. The molecule has 2 saturated carbocycles. The predicted molar refractivity (Wildman–Crippen MR) is 120 cm³/mol. The Bertz CT molecular complexity index is 548. The zero-order chi connectivity index (χ0) is 18.9. The van der Waals surface area contributed by atoms with Crippen molar-refractivity contribution in [2.45, 2.75) is 83.1 Å². The maximum absolute atomic E-state index is 12.2. The van der Waals surface area contributed by atoms with Crippen LogP contribution in [0.25, 0.3) is 0 Å². The summed E-state index contributed by atoms with van der Waals surface area (Å²) < 4.78 is 12.2. The second-order valence-electron chi connectivity index (χ2n) is 9.04. The Labute approximate surface area is 168 Å². The van der Waals surface area contributed by atoms with E-state index in [0.717, 1.165) is 30.1 Å². The summed E-state index contributed by atoms with van der Waals surface area (Å²) in [6, 6.07) is 11.1. The number of allylic oxidation sites excluding steroid dienone is 2. The van der Waals surface area contributed by atoms with Gasteiger partial charge in [-0.1, -0.05) is 54.6 Å². The van der Waals surface area contributed by atoms with Gasteiger partial charge in [0.2, 0.25) is 0 Å². The molecule has 0 aromatic heterocycles. The van der Waals surface area contributed by atoms with Gasteiger partial charge in [0.1, 0.15) is 0 Å². The van der Waals surface area contributed by atoms with E-state index in [1.54, 1.807) is 10.8 Å². The molecule has 27 heavy (non-hydrogen) atoms. The van der Waals surface area contributed by atoms with Crippen molar-refractivity contribution in [1.82, 2.24) is 0 Å². The van der Waals surface area contributed by atoms with E-state index in [2.05, 4.69) is 43.3 Å². The molecule has 2 fully saturated rings. The van der Waals surface area contributed by atoms with Crippen LogP contribution < -0.4 is 5.19 Å². The normalized spacial score (nSPS) is 29.7. The minimum absolute atomic E-state index is 0.00184. The zero-order valence-electron chi connectivity index (χ0n) is 17.3. The fourth-order valence-corrected chi connectivity index (χ4v) is 6.61. The third-order valence-electron chi connectivity index (χ3n) is 7.16. The highest BCUT2D eigenvalue weighted by molar-refractivity contribution is 6.53. The average molecular weight is 387 g/mol. The van der Waals surface area contributed by atoms with Gasteiger partial charge in [-0.05, 0) is 93.4 Å². The van der Waals surface area contributed by atoms with E-state index in [0.29, 0.717) is 6.42 Å². The lowest BCUT2D eigenvalue weighted by atomic mass is 9.68. The van der Waals surface area contributed by atoms with Crippen LogP contribution in [0.4, 0.5) is 4.39 Å². The van der Waals surface area contributed by atoms with Crippen LogP contribution in [0.3, 0.4) is 0 Å². The van der Waals surface area contributed by atoms with Crippen LogP contribution in [0.5, 0.6) is 0 Å². The molecule has 3 rings (SSSR count). The SMILES string of the molecule is CC[SiH2]c1ccc(C2CCC(C3CCC(C=CCCCF)CC3)CC2)cc1. The van der Waals surface area contributed by atoms with Crippen molar-refractivity contribution in [3.8, 4) is 0 Å². The van der Waals surface area contributed by atoms with Crippen molar-refractivity contribution < 1.29 is 4.39 Å². The Kier molecular flexibility index (Phi) is 8.63. The van der Waals surface area contributed by atoms with E-state index in [4.69, 9.17) is 0 Å². The predicted octanol–water partition coefficient (Wildman–Crippen LogP) is 6.31. The van der Waals surface area contributed by atoms with E-state index in [1.807, 2.05) is 0 Å². The number of hydrogen-bond donors (Lipinski definition) is 0. The molecular weight excluding hydrogens is 347 g/mol. The molecule has 0 radical (unpaired) electrons. The second kappa shape index (κ2) is 11.2. The van der Waals surface area contributed by atoms with Crippen LogP contribution in [-0.2, 0) is 0 Å². The standard InChI is InChI=1S/C25H39FSi/c1-2-27-25-17-15-24(16-18-25)23-13-11-22(12-14-23)21-9-7-20(8-10-21)6-4-3-5-19-26/h4,6,15-18,20-23H,2-3,5,7-14,19,27H2,1H3. The molecule has 0 aliphatic heterocycles. The van der Waals surface area contributed by atoms with Crippen LogP contribution in [-0.4, -0.2) is 16.2 Å². The Morgan fingerprint density at radius 2 is 1.56 bits per heavy atom. The monoisotopic (exact) mass is 386 g/mol. The molecule has 0 atom stereocenters. The van der Waals surface area contributed by atoms with E-state index in [9.17, 15) is 4.39 Å². The molecule has 2 heteroatoms. The quantitative estimate of drug-likeness (QED) is 0.279. The molecule has 150 valence electrons. The molecule has 2 aliphatic rings. The molecule has 0 nitrogen and oxygen atoms in total. The molecule has 0 amide bonds. The van der Waals surface area contributed by atoms with Crippen molar-refractivity contribution in [3.05, 3.63) is 42.0 Å². The summed E-state index contributed by atoms with van der Waals surface area (Å²) in [7, 11) is -0.00184. The Morgan fingerprint density at radius 1 is 0.926 bits per heavy atom. The maximum atomic E-state index is 12.2. The van der Waals surface area contributed by atoms with Gasteiger partial charge < -0.3 is 0 Å². The Balaban J connectivity index is 1.40. The van der Waals surface area contributed by atoms with Crippen LogP contribution in [0.2, 0.25) is 6.04 Å². The third kappa shape index (κ3) is 6.31. The van der Waals surface area contributed by atoms with Crippen molar-refractivity contribution in [2.75, 3.05) is 6.67 Å². The summed E-state index contributed by atoms with van der Waals surface area (Å²) in [6.07, 6.45) is 17.5. The van der Waals surface area contributed by atoms with Crippen molar-refractivity contribution >= 4 is 14.7 Å². The highest BCUT2D eigenvalue weighted by atomic mass is 28.2. The van der Waals surface area contributed by atoms with Crippen molar-refractivity contribution in [2.24, 2.45) is 17.8 Å². The zero-order valence-corrected chi connectivity index (χ0v) is 18.8. The van der Waals surface area contributed by atoms with E-state index >= 15 is 0 Å². The van der Waals surface area contributed by atoms with Gasteiger partial charge in [0.15, 0.2) is 0 Å². The largest absolute Gasteiger partial charge is 0.251 e. The maximum Gasteiger partial charge on any atom is 0.0897 e. The Hall–Kier alpha value is -0.893. The summed E-state index contributed by atoms with van der Waals surface area (Å²) in [6.45, 7) is 2.14. The van der Waals surface area contributed by atoms with Crippen LogP contribution in [0.15, 0.2) is 36.4 Å². The van der Waals surface area contributed by atoms with E-state index in [-0.39, 0.29) is 16.2 Å². The molecule has 1 aromatic rings. The first-order valence-electron chi connectivity index (χ1n) is 11.6. The number of halogens is 1. The first-order chi connectivity index (χ1) is 13.3. The molecular formula is C25H39FSi. The van der Waals surface area contributed by atoms with Gasteiger partial charge in [0, 0.05) is 0 Å². The fourth-order valence-electron chi connectivity index (χ4n) is 5.46. The summed E-state index contributed by atoms with van der Waals surface area (Å²) in [5, 5.41) is 1.63. The summed E-state index contributed by atoms with van der Waals surface area (Å²) in [4.78, 5) is 0. The van der Waals surface area contributed by atoms with Gasteiger partial charge >= 0.3 is 0 Å². The number of rotatable bonds is 8. The lowest BCUT2D eigenvalue weighted by Gasteiger charge is -2.37. The van der Waals surface area contributed by atoms with E-state index in [1.165, 1.54) is 57.4 Å².